The highest BCUT2D eigenvalue weighted by Crippen LogP contribution is 2.07. The van der Waals surface area contributed by atoms with Crippen LogP contribution in [0.25, 0.3) is 0 Å². The fraction of sp³-hybridized carbons (Fsp3) is 0.500. The van der Waals surface area contributed by atoms with Gasteiger partial charge < -0.3 is 10.3 Å². The first kappa shape index (κ1) is 13.2. The summed E-state index contributed by atoms with van der Waals surface area (Å²) in [5, 5.41) is 0. The Morgan fingerprint density at radius 1 is 1.45 bits per heavy atom. The summed E-state index contributed by atoms with van der Waals surface area (Å²) in [5.41, 5.74) is 5.49. The molecule has 0 spiro atoms. The van der Waals surface area contributed by atoms with E-state index in [0.29, 0.717) is 12.0 Å². The molecule has 0 aliphatic rings. The van der Waals surface area contributed by atoms with Crippen molar-refractivity contribution in [1.82, 2.24) is 9.55 Å². The van der Waals surface area contributed by atoms with E-state index in [9.17, 15) is 0 Å². The van der Waals surface area contributed by atoms with Crippen molar-refractivity contribution >= 4 is 30.8 Å². The first-order chi connectivity index (χ1) is 4.22. The second kappa shape index (κ2) is 5.27. The molecule has 3 nitrogen and oxygen atoms in total. The first-order valence-corrected chi connectivity index (χ1v) is 3.00. The number of imidazole rings is 1. The van der Waals surface area contributed by atoms with Gasteiger partial charge in [0.2, 0.25) is 0 Å². The molecule has 66 valence electrons. The molecule has 0 saturated heterocycles. The van der Waals surface area contributed by atoms with Crippen LogP contribution >= 0.6 is 24.8 Å². The van der Waals surface area contributed by atoms with E-state index in [2.05, 4.69) is 18.8 Å². The third-order valence-electron chi connectivity index (χ3n) is 1.25. The average molecular weight is 198 g/mol. The van der Waals surface area contributed by atoms with Crippen LogP contribution in [0.15, 0.2) is 12.4 Å². The van der Waals surface area contributed by atoms with Gasteiger partial charge in [0.1, 0.15) is 0 Å². The van der Waals surface area contributed by atoms with Crippen LogP contribution < -0.4 is 5.73 Å². The SMILES string of the molecule is CC(C)n1ccnc1N.Cl.Cl. The maximum atomic E-state index is 5.49. The van der Waals surface area contributed by atoms with Crippen molar-refractivity contribution in [3.8, 4) is 0 Å². The predicted molar refractivity (Wildman–Crippen MR) is 51.5 cm³/mol. The van der Waals surface area contributed by atoms with Crippen molar-refractivity contribution in [2.24, 2.45) is 0 Å². The Morgan fingerprint density at radius 2 is 2.00 bits per heavy atom. The van der Waals surface area contributed by atoms with E-state index < -0.39 is 0 Å². The van der Waals surface area contributed by atoms with Gasteiger partial charge in [-0.1, -0.05) is 0 Å². The number of hydrogen-bond acceptors (Lipinski definition) is 2. The normalized spacial score (nSPS) is 8.64. The van der Waals surface area contributed by atoms with Crippen LogP contribution in [0.2, 0.25) is 0 Å². The molecule has 0 unspecified atom stereocenters. The number of nitrogen functional groups attached to an aromatic ring is 1. The highest BCUT2D eigenvalue weighted by atomic mass is 35.5. The molecule has 5 heteroatoms. The summed E-state index contributed by atoms with van der Waals surface area (Å²) >= 11 is 0. The van der Waals surface area contributed by atoms with Crippen LogP contribution in [0, 0.1) is 0 Å². The molecule has 1 heterocycles. The van der Waals surface area contributed by atoms with Gasteiger partial charge in [0.05, 0.1) is 0 Å². The average Bonchev–Trinajstić information content (AvgIpc) is 2.13. The minimum atomic E-state index is 0. The van der Waals surface area contributed by atoms with Crippen LogP contribution in [0.4, 0.5) is 5.95 Å². The lowest BCUT2D eigenvalue weighted by Gasteiger charge is -2.06. The summed E-state index contributed by atoms with van der Waals surface area (Å²) in [6.45, 7) is 4.14. The summed E-state index contributed by atoms with van der Waals surface area (Å²) < 4.78 is 1.92. The Hall–Kier alpha value is -0.410. The Bertz CT molecular complexity index is 197. The van der Waals surface area contributed by atoms with Gasteiger partial charge >= 0.3 is 0 Å². The van der Waals surface area contributed by atoms with Gasteiger partial charge in [-0.3, -0.25) is 0 Å². The third-order valence-corrected chi connectivity index (χ3v) is 1.25. The van der Waals surface area contributed by atoms with Crippen LogP contribution in [0.1, 0.15) is 19.9 Å². The van der Waals surface area contributed by atoms with Gasteiger partial charge in [-0.2, -0.15) is 0 Å². The first-order valence-electron chi connectivity index (χ1n) is 3.00. The number of nitrogens with two attached hydrogens (primary N) is 1. The standard InChI is InChI=1S/C6H11N3.2ClH/c1-5(2)9-4-3-8-6(9)7;;/h3-5H,1-2H3,(H2,7,8);2*1H. The van der Waals surface area contributed by atoms with E-state index in [0.717, 1.165) is 0 Å². The molecule has 1 aromatic rings. The molecule has 0 aliphatic heterocycles. The van der Waals surface area contributed by atoms with Gasteiger partial charge in [-0.25, -0.2) is 4.98 Å². The zero-order valence-electron chi connectivity index (χ0n) is 6.52. The molecule has 0 atom stereocenters. The fourth-order valence-electron chi connectivity index (χ4n) is 0.761. The molecule has 0 aromatic carbocycles. The van der Waals surface area contributed by atoms with Gasteiger partial charge in [0.15, 0.2) is 5.95 Å². The minimum absolute atomic E-state index is 0. The second-order valence-electron chi connectivity index (χ2n) is 2.29. The molecule has 2 N–H and O–H groups in total. The number of aromatic nitrogens is 2. The smallest absolute Gasteiger partial charge is 0.200 e. The van der Waals surface area contributed by atoms with Gasteiger partial charge in [0.25, 0.3) is 0 Å². The molecule has 11 heavy (non-hydrogen) atoms. The van der Waals surface area contributed by atoms with Crippen LogP contribution in [0.5, 0.6) is 0 Å². The monoisotopic (exact) mass is 197 g/mol. The lowest BCUT2D eigenvalue weighted by Crippen LogP contribution is -2.03. The Labute approximate surface area is 78.8 Å². The highest BCUT2D eigenvalue weighted by Gasteiger charge is 1.98. The van der Waals surface area contributed by atoms with Crippen molar-refractivity contribution < 1.29 is 0 Å². The van der Waals surface area contributed by atoms with Gasteiger partial charge in [-0.15, -0.1) is 24.8 Å². The third kappa shape index (κ3) is 2.99. The molecular formula is C6H13Cl2N3. The van der Waals surface area contributed by atoms with E-state index in [4.69, 9.17) is 5.73 Å². The van der Waals surface area contributed by atoms with Crippen molar-refractivity contribution in [1.29, 1.82) is 0 Å². The van der Waals surface area contributed by atoms with E-state index >= 15 is 0 Å². The molecule has 0 bridgehead atoms. The summed E-state index contributed by atoms with van der Waals surface area (Å²) in [7, 11) is 0. The maximum absolute atomic E-state index is 5.49. The van der Waals surface area contributed by atoms with Gasteiger partial charge in [-0.05, 0) is 13.8 Å². The number of anilines is 1. The molecule has 0 radical (unpaired) electrons. The lowest BCUT2D eigenvalue weighted by atomic mass is 10.4. The molecular weight excluding hydrogens is 185 g/mol. The topological polar surface area (TPSA) is 43.8 Å². The summed E-state index contributed by atoms with van der Waals surface area (Å²) in [5.74, 6) is 0.588. The quantitative estimate of drug-likeness (QED) is 0.748. The zero-order valence-corrected chi connectivity index (χ0v) is 8.15. The van der Waals surface area contributed by atoms with Crippen molar-refractivity contribution in [2.75, 3.05) is 5.73 Å². The maximum Gasteiger partial charge on any atom is 0.200 e. The Morgan fingerprint density at radius 3 is 2.18 bits per heavy atom. The van der Waals surface area contributed by atoms with Crippen LogP contribution in [0.3, 0.4) is 0 Å². The molecule has 1 rings (SSSR count). The van der Waals surface area contributed by atoms with Crippen LogP contribution in [-0.2, 0) is 0 Å². The van der Waals surface area contributed by atoms with Crippen LogP contribution in [-0.4, -0.2) is 9.55 Å². The van der Waals surface area contributed by atoms with Gasteiger partial charge in [0, 0.05) is 18.4 Å². The molecule has 0 saturated carbocycles. The number of rotatable bonds is 1. The summed E-state index contributed by atoms with van der Waals surface area (Å²) in [6, 6.07) is 0.410. The second-order valence-corrected chi connectivity index (χ2v) is 2.29. The number of hydrogen-bond donors (Lipinski definition) is 1. The zero-order chi connectivity index (χ0) is 6.85. The summed E-state index contributed by atoms with van der Waals surface area (Å²) in [4.78, 5) is 3.88. The lowest BCUT2D eigenvalue weighted by molar-refractivity contribution is 0.609. The number of halogens is 2. The Kier molecular flexibility index (Phi) is 6.32. The van der Waals surface area contributed by atoms with E-state index in [1.165, 1.54) is 0 Å². The molecule has 1 aromatic heterocycles. The minimum Gasteiger partial charge on any atom is -0.369 e. The largest absolute Gasteiger partial charge is 0.369 e. The fourth-order valence-corrected chi connectivity index (χ4v) is 0.761. The summed E-state index contributed by atoms with van der Waals surface area (Å²) in [6.07, 6.45) is 3.58. The van der Waals surface area contributed by atoms with E-state index in [-0.39, 0.29) is 24.8 Å². The molecule has 0 fully saturated rings. The van der Waals surface area contributed by atoms with Crippen molar-refractivity contribution in [3.63, 3.8) is 0 Å². The predicted octanol–water partition coefficient (Wildman–Crippen LogP) is 1.89. The van der Waals surface area contributed by atoms with E-state index in [1.807, 2.05) is 10.8 Å². The highest BCUT2D eigenvalue weighted by molar-refractivity contribution is 5.85. The molecule has 0 aliphatic carbocycles. The Balaban J connectivity index is 0. The van der Waals surface area contributed by atoms with E-state index in [1.54, 1.807) is 6.20 Å². The van der Waals surface area contributed by atoms with Crippen molar-refractivity contribution in [3.05, 3.63) is 12.4 Å². The van der Waals surface area contributed by atoms with Crippen molar-refractivity contribution in [2.45, 2.75) is 19.9 Å². The molecule has 0 amide bonds. The number of nitrogens with zero attached hydrogens (tertiary/aromatic N) is 2.